The lowest BCUT2D eigenvalue weighted by atomic mass is 10.1. The number of carboxylic acids is 1. The van der Waals surface area contributed by atoms with Gasteiger partial charge in [-0.2, -0.15) is 4.31 Å². The summed E-state index contributed by atoms with van der Waals surface area (Å²) >= 11 is 0. The second kappa shape index (κ2) is 4.58. The number of rotatable bonds is 3. The molecule has 0 aromatic carbocycles. The van der Waals surface area contributed by atoms with Crippen molar-refractivity contribution < 1.29 is 22.7 Å². The Labute approximate surface area is 105 Å². The molecule has 0 atom stereocenters. The molecule has 0 amide bonds. The summed E-state index contributed by atoms with van der Waals surface area (Å²) in [6.07, 6.45) is 2.51. The van der Waals surface area contributed by atoms with Crippen molar-refractivity contribution in [2.24, 2.45) is 0 Å². The van der Waals surface area contributed by atoms with E-state index in [1.165, 1.54) is 10.4 Å². The van der Waals surface area contributed by atoms with E-state index in [9.17, 15) is 13.2 Å². The Kier molecular flexibility index (Phi) is 3.27. The third-order valence-corrected chi connectivity index (χ3v) is 4.52. The van der Waals surface area contributed by atoms with Gasteiger partial charge in [-0.25, -0.2) is 13.2 Å². The van der Waals surface area contributed by atoms with E-state index in [1.54, 1.807) is 0 Å². The Hall–Kier alpha value is -1.60. The van der Waals surface area contributed by atoms with Crippen LogP contribution < -0.4 is 0 Å². The first-order chi connectivity index (χ1) is 8.41. The summed E-state index contributed by atoms with van der Waals surface area (Å²) in [5.74, 6) is -1.66. The molecule has 7 heteroatoms. The van der Waals surface area contributed by atoms with E-state index in [0.29, 0.717) is 13.0 Å². The third kappa shape index (κ3) is 2.32. The molecule has 0 fully saturated rings. The molecular weight excluding hydrogens is 258 g/mol. The minimum absolute atomic E-state index is 0.289. The number of carbonyl (C=O) groups is 1. The van der Waals surface area contributed by atoms with Crippen LogP contribution in [-0.4, -0.2) is 36.9 Å². The van der Waals surface area contributed by atoms with Gasteiger partial charge < -0.3 is 9.52 Å². The smallest absolute Gasteiger partial charge is 0.371 e. The predicted octanol–water partition coefficient (Wildman–Crippen LogP) is 1.32. The highest BCUT2D eigenvalue weighted by Crippen LogP contribution is 2.22. The molecule has 6 nitrogen and oxygen atoms in total. The number of carboxylic acid groups (broad SMARTS) is 1. The zero-order chi connectivity index (χ0) is 13.3. The van der Waals surface area contributed by atoms with Gasteiger partial charge in [0, 0.05) is 13.1 Å². The normalized spacial score (nSPS) is 17.5. The Balaban J connectivity index is 2.28. The molecule has 0 spiro atoms. The topological polar surface area (TPSA) is 87.8 Å². The first kappa shape index (κ1) is 12.8. The highest BCUT2D eigenvalue weighted by atomic mass is 32.2. The fraction of sp³-hybridized carbons (Fsp3) is 0.364. The SMILES string of the molecule is CC1=CCN(S(=O)(=O)c2ccc(C(=O)O)o2)CC1. The second-order valence-corrected chi connectivity index (χ2v) is 5.96. The van der Waals surface area contributed by atoms with Crippen LogP contribution in [0.5, 0.6) is 0 Å². The van der Waals surface area contributed by atoms with E-state index in [4.69, 9.17) is 9.52 Å². The molecule has 0 saturated heterocycles. The van der Waals surface area contributed by atoms with Crippen LogP contribution in [0.3, 0.4) is 0 Å². The number of nitrogens with zero attached hydrogens (tertiary/aromatic N) is 1. The third-order valence-electron chi connectivity index (χ3n) is 2.79. The van der Waals surface area contributed by atoms with Crippen molar-refractivity contribution in [1.82, 2.24) is 4.31 Å². The molecule has 1 aliphatic rings. The van der Waals surface area contributed by atoms with Crippen LogP contribution in [-0.2, 0) is 10.0 Å². The summed E-state index contributed by atoms with van der Waals surface area (Å²) in [7, 11) is -3.74. The summed E-state index contributed by atoms with van der Waals surface area (Å²) in [5.41, 5.74) is 1.15. The molecule has 1 aromatic rings. The number of aromatic carboxylic acids is 1. The molecule has 0 radical (unpaired) electrons. The summed E-state index contributed by atoms with van der Waals surface area (Å²) in [6.45, 7) is 2.62. The number of furan rings is 1. The fourth-order valence-corrected chi connectivity index (χ4v) is 2.96. The van der Waals surface area contributed by atoms with Crippen LogP contribution in [0.2, 0.25) is 0 Å². The van der Waals surface area contributed by atoms with Crippen LogP contribution in [0, 0.1) is 0 Å². The predicted molar refractivity (Wildman–Crippen MR) is 62.8 cm³/mol. The van der Waals surface area contributed by atoms with E-state index in [2.05, 4.69) is 0 Å². The van der Waals surface area contributed by atoms with Crippen molar-refractivity contribution in [2.75, 3.05) is 13.1 Å². The fourth-order valence-electron chi connectivity index (χ4n) is 1.67. The Morgan fingerprint density at radius 3 is 2.67 bits per heavy atom. The molecule has 0 aliphatic carbocycles. The average molecular weight is 271 g/mol. The van der Waals surface area contributed by atoms with Gasteiger partial charge in [0.25, 0.3) is 10.0 Å². The van der Waals surface area contributed by atoms with Crippen LogP contribution in [0.15, 0.2) is 33.3 Å². The molecule has 2 rings (SSSR count). The average Bonchev–Trinajstić information content (AvgIpc) is 2.79. The molecule has 1 aliphatic heterocycles. The highest BCUT2D eigenvalue weighted by Gasteiger charge is 2.29. The lowest BCUT2D eigenvalue weighted by Gasteiger charge is -2.23. The Morgan fingerprint density at radius 2 is 2.17 bits per heavy atom. The van der Waals surface area contributed by atoms with Gasteiger partial charge in [-0.15, -0.1) is 0 Å². The minimum atomic E-state index is -3.74. The van der Waals surface area contributed by atoms with Gasteiger partial charge in [-0.3, -0.25) is 0 Å². The van der Waals surface area contributed by atoms with E-state index in [0.717, 1.165) is 11.6 Å². The number of hydrogen-bond acceptors (Lipinski definition) is 4. The van der Waals surface area contributed by atoms with Crippen molar-refractivity contribution in [3.05, 3.63) is 29.5 Å². The Morgan fingerprint density at radius 1 is 1.44 bits per heavy atom. The summed E-state index contributed by atoms with van der Waals surface area (Å²) in [6, 6.07) is 2.31. The first-order valence-corrected chi connectivity index (χ1v) is 6.84. The molecule has 1 N–H and O–H groups in total. The molecule has 1 aromatic heterocycles. The monoisotopic (exact) mass is 271 g/mol. The second-order valence-electron chi connectivity index (χ2n) is 4.09. The van der Waals surface area contributed by atoms with Crippen LogP contribution >= 0.6 is 0 Å². The van der Waals surface area contributed by atoms with Crippen molar-refractivity contribution >= 4 is 16.0 Å². The largest absolute Gasteiger partial charge is 0.475 e. The first-order valence-electron chi connectivity index (χ1n) is 5.40. The molecule has 98 valence electrons. The summed E-state index contributed by atoms with van der Waals surface area (Å²) in [4.78, 5) is 10.6. The molecule has 2 heterocycles. The maximum Gasteiger partial charge on any atom is 0.371 e. The van der Waals surface area contributed by atoms with Gasteiger partial charge in [0.15, 0.2) is 0 Å². The van der Waals surface area contributed by atoms with Crippen molar-refractivity contribution in [3.63, 3.8) is 0 Å². The van der Waals surface area contributed by atoms with Gasteiger partial charge in [-0.05, 0) is 25.5 Å². The Bertz CT molecular complexity index is 599. The van der Waals surface area contributed by atoms with Crippen LogP contribution in [0.4, 0.5) is 0 Å². The van der Waals surface area contributed by atoms with E-state index < -0.39 is 16.0 Å². The van der Waals surface area contributed by atoms with E-state index in [1.807, 2.05) is 13.0 Å². The van der Waals surface area contributed by atoms with Crippen molar-refractivity contribution in [3.8, 4) is 0 Å². The van der Waals surface area contributed by atoms with Crippen molar-refractivity contribution in [2.45, 2.75) is 18.4 Å². The van der Waals surface area contributed by atoms with Crippen LogP contribution in [0.25, 0.3) is 0 Å². The van der Waals surface area contributed by atoms with Gasteiger partial charge in [0.1, 0.15) is 0 Å². The lowest BCUT2D eigenvalue weighted by molar-refractivity contribution is 0.0656. The zero-order valence-electron chi connectivity index (χ0n) is 9.79. The maximum atomic E-state index is 12.1. The lowest BCUT2D eigenvalue weighted by Crippen LogP contribution is -2.34. The van der Waals surface area contributed by atoms with E-state index >= 15 is 0 Å². The zero-order valence-corrected chi connectivity index (χ0v) is 10.6. The van der Waals surface area contributed by atoms with Crippen molar-refractivity contribution in [1.29, 1.82) is 0 Å². The van der Waals surface area contributed by atoms with Gasteiger partial charge in [-0.1, -0.05) is 11.6 Å². The molecule has 0 unspecified atom stereocenters. The summed E-state index contributed by atoms with van der Waals surface area (Å²) < 4.78 is 30.4. The van der Waals surface area contributed by atoms with Gasteiger partial charge >= 0.3 is 5.97 Å². The summed E-state index contributed by atoms with van der Waals surface area (Å²) in [5, 5.41) is 8.37. The molecular formula is C11H13NO5S. The quantitative estimate of drug-likeness (QED) is 0.838. The highest BCUT2D eigenvalue weighted by molar-refractivity contribution is 7.89. The minimum Gasteiger partial charge on any atom is -0.475 e. The van der Waals surface area contributed by atoms with Gasteiger partial charge in [0.05, 0.1) is 0 Å². The number of hydrogen-bond donors (Lipinski definition) is 1. The molecule has 0 saturated carbocycles. The van der Waals surface area contributed by atoms with Crippen LogP contribution in [0.1, 0.15) is 23.9 Å². The van der Waals surface area contributed by atoms with E-state index in [-0.39, 0.29) is 17.4 Å². The number of sulfonamides is 1. The van der Waals surface area contributed by atoms with Gasteiger partial charge in [0.2, 0.25) is 10.9 Å². The standard InChI is InChI=1S/C11H13NO5S/c1-8-4-6-12(7-5-8)18(15,16)10-3-2-9(17-10)11(13)14/h2-4H,5-7H2,1H3,(H,13,14). The molecule has 0 bridgehead atoms. The molecule has 18 heavy (non-hydrogen) atoms. The maximum absolute atomic E-state index is 12.1.